The summed E-state index contributed by atoms with van der Waals surface area (Å²) in [5, 5.41) is 3.23. The molecule has 0 aliphatic carbocycles. The maximum absolute atomic E-state index is 13.9. The average Bonchev–Trinajstić information content (AvgIpc) is 2.65. The van der Waals surface area contributed by atoms with Gasteiger partial charge in [0.25, 0.3) is 0 Å². The number of benzene rings is 2. The number of rotatable bonds is 5. The molecule has 0 aromatic heterocycles. The van der Waals surface area contributed by atoms with Crippen molar-refractivity contribution >= 4 is 44.8 Å². The standard InChI is InChI=1S/C18H17Cl2F2N3O3S/c19-12-3-1-4-13(20)17(12)23-16(26)11-24-7-9-25(10-8-24)29(27,28)18-14(21)5-2-6-15(18)22/h1-6H,7-11H2,(H,23,26). The lowest BCUT2D eigenvalue weighted by molar-refractivity contribution is -0.117. The van der Waals surface area contributed by atoms with E-state index in [1.165, 1.54) is 0 Å². The Hall–Kier alpha value is -1.78. The highest BCUT2D eigenvalue weighted by Gasteiger charge is 2.33. The third kappa shape index (κ3) is 4.87. The van der Waals surface area contributed by atoms with Crippen molar-refractivity contribution in [2.75, 3.05) is 38.0 Å². The smallest absolute Gasteiger partial charge is 0.249 e. The zero-order valence-corrected chi connectivity index (χ0v) is 17.4. The van der Waals surface area contributed by atoms with Crippen molar-refractivity contribution in [3.8, 4) is 0 Å². The van der Waals surface area contributed by atoms with E-state index >= 15 is 0 Å². The summed E-state index contributed by atoms with van der Waals surface area (Å²) in [6.45, 7) is 0.425. The molecule has 1 aliphatic heterocycles. The molecule has 1 N–H and O–H groups in total. The van der Waals surface area contributed by atoms with E-state index in [9.17, 15) is 22.0 Å². The first kappa shape index (κ1) is 21.9. The predicted octanol–water partition coefficient (Wildman–Crippen LogP) is 3.22. The fourth-order valence-electron chi connectivity index (χ4n) is 2.99. The zero-order valence-electron chi connectivity index (χ0n) is 15.0. The molecule has 1 aliphatic rings. The third-order valence-corrected chi connectivity index (χ3v) is 7.02. The minimum absolute atomic E-state index is 0.00373. The number of carbonyl (C=O) groups excluding carboxylic acids is 1. The molecule has 0 spiro atoms. The van der Waals surface area contributed by atoms with Gasteiger partial charge < -0.3 is 5.32 Å². The van der Waals surface area contributed by atoms with Gasteiger partial charge in [-0.25, -0.2) is 17.2 Å². The Morgan fingerprint density at radius 2 is 1.48 bits per heavy atom. The van der Waals surface area contributed by atoms with Crippen LogP contribution in [0, 0.1) is 11.6 Å². The first-order chi connectivity index (χ1) is 13.7. The molecule has 0 saturated carbocycles. The van der Waals surface area contributed by atoms with Gasteiger partial charge in [0.1, 0.15) is 11.6 Å². The summed E-state index contributed by atoms with van der Waals surface area (Å²) in [6.07, 6.45) is 0. The lowest BCUT2D eigenvalue weighted by atomic mass is 10.3. The maximum Gasteiger partial charge on any atom is 0.249 e. The number of anilines is 1. The molecule has 11 heteroatoms. The quantitative estimate of drug-likeness (QED) is 0.738. The number of nitrogens with zero attached hydrogens (tertiary/aromatic N) is 2. The molecule has 3 rings (SSSR count). The van der Waals surface area contributed by atoms with Gasteiger partial charge >= 0.3 is 0 Å². The number of carbonyl (C=O) groups is 1. The van der Waals surface area contributed by atoms with Gasteiger partial charge in [-0.15, -0.1) is 0 Å². The van der Waals surface area contributed by atoms with Crippen molar-refractivity contribution in [1.82, 2.24) is 9.21 Å². The van der Waals surface area contributed by atoms with Crippen LogP contribution in [0.5, 0.6) is 0 Å². The molecule has 2 aromatic rings. The van der Waals surface area contributed by atoms with E-state index in [0.29, 0.717) is 15.7 Å². The van der Waals surface area contributed by atoms with Gasteiger partial charge in [-0.1, -0.05) is 35.3 Å². The number of nitrogens with one attached hydrogen (secondary N) is 1. The lowest BCUT2D eigenvalue weighted by Crippen LogP contribution is -2.50. The van der Waals surface area contributed by atoms with Gasteiger partial charge in [-0.2, -0.15) is 4.31 Å². The Labute approximate surface area is 177 Å². The minimum atomic E-state index is -4.31. The summed E-state index contributed by atoms with van der Waals surface area (Å²) in [5.74, 6) is -2.64. The second-order valence-electron chi connectivity index (χ2n) is 6.38. The van der Waals surface area contributed by atoms with Crippen molar-refractivity contribution in [2.24, 2.45) is 0 Å². The van der Waals surface area contributed by atoms with Crippen LogP contribution in [0.4, 0.5) is 14.5 Å². The zero-order chi connectivity index (χ0) is 21.2. The normalized spacial score (nSPS) is 16.0. The van der Waals surface area contributed by atoms with E-state index in [1.807, 2.05) is 0 Å². The fraction of sp³-hybridized carbons (Fsp3) is 0.278. The van der Waals surface area contributed by atoms with E-state index in [-0.39, 0.29) is 38.6 Å². The summed E-state index contributed by atoms with van der Waals surface area (Å²) < 4.78 is 54.0. The Morgan fingerprint density at radius 1 is 0.966 bits per heavy atom. The van der Waals surface area contributed by atoms with Crippen LogP contribution in [0.3, 0.4) is 0 Å². The van der Waals surface area contributed by atoms with Crippen LogP contribution in [0.2, 0.25) is 10.0 Å². The number of halogens is 4. The molecule has 0 radical (unpaired) electrons. The summed E-state index contributed by atoms with van der Waals surface area (Å²) in [4.78, 5) is 13.0. The molecule has 6 nitrogen and oxygen atoms in total. The Balaban J connectivity index is 1.61. The SMILES string of the molecule is O=C(CN1CCN(S(=O)(=O)c2c(F)cccc2F)CC1)Nc1c(Cl)cccc1Cl. The number of para-hydroxylation sites is 1. The molecule has 29 heavy (non-hydrogen) atoms. The van der Waals surface area contributed by atoms with Gasteiger partial charge in [0.05, 0.1) is 22.3 Å². The average molecular weight is 464 g/mol. The van der Waals surface area contributed by atoms with Gasteiger partial charge in [-0.05, 0) is 24.3 Å². The van der Waals surface area contributed by atoms with E-state index in [0.717, 1.165) is 22.5 Å². The fourth-order valence-corrected chi connectivity index (χ4v) is 5.01. The highest BCUT2D eigenvalue weighted by Crippen LogP contribution is 2.29. The van der Waals surface area contributed by atoms with Crippen LogP contribution in [0.1, 0.15) is 0 Å². The van der Waals surface area contributed by atoms with E-state index in [4.69, 9.17) is 23.2 Å². The highest BCUT2D eigenvalue weighted by atomic mass is 35.5. The van der Waals surface area contributed by atoms with Crippen molar-refractivity contribution < 1.29 is 22.0 Å². The first-order valence-electron chi connectivity index (χ1n) is 8.60. The second kappa shape index (κ2) is 8.93. The topological polar surface area (TPSA) is 69.7 Å². The molecule has 156 valence electrons. The molecule has 0 atom stereocenters. The minimum Gasteiger partial charge on any atom is -0.322 e. The van der Waals surface area contributed by atoms with Crippen molar-refractivity contribution in [3.63, 3.8) is 0 Å². The van der Waals surface area contributed by atoms with Crippen LogP contribution in [0.25, 0.3) is 0 Å². The Morgan fingerprint density at radius 3 is 2.03 bits per heavy atom. The molecule has 2 aromatic carbocycles. The molecule has 1 fully saturated rings. The van der Waals surface area contributed by atoms with E-state index < -0.39 is 26.6 Å². The van der Waals surface area contributed by atoms with Gasteiger partial charge in [0.15, 0.2) is 4.90 Å². The van der Waals surface area contributed by atoms with Crippen LogP contribution in [-0.4, -0.2) is 56.3 Å². The molecule has 0 unspecified atom stereocenters. The number of amides is 1. The molecular weight excluding hydrogens is 447 g/mol. The van der Waals surface area contributed by atoms with Gasteiger partial charge in [0, 0.05) is 26.2 Å². The number of piperazine rings is 1. The maximum atomic E-state index is 13.9. The largest absolute Gasteiger partial charge is 0.322 e. The second-order valence-corrected chi connectivity index (χ2v) is 9.07. The van der Waals surface area contributed by atoms with Crippen LogP contribution >= 0.6 is 23.2 Å². The van der Waals surface area contributed by atoms with E-state index in [2.05, 4.69) is 5.32 Å². The molecule has 1 saturated heterocycles. The van der Waals surface area contributed by atoms with E-state index in [1.54, 1.807) is 23.1 Å². The highest BCUT2D eigenvalue weighted by molar-refractivity contribution is 7.89. The first-order valence-corrected chi connectivity index (χ1v) is 10.8. The van der Waals surface area contributed by atoms with Crippen molar-refractivity contribution in [2.45, 2.75) is 4.90 Å². The lowest BCUT2D eigenvalue weighted by Gasteiger charge is -2.33. The third-order valence-electron chi connectivity index (χ3n) is 4.44. The van der Waals surface area contributed by atoms with Crippen molar-refractivity contribution in [3.05, 3.63) is 58.1 Å². The molecule has 1 amide bonds. The number of sulfonamides is 1. The molecule has 0 bridgehead atoms. The van der Waals surface area contributed by atoms with Crippen LogP contribution in [-0.2, 0) is 14.8 Å². The van der Waals surface area contributed by atoms with Gasteiger partial charge in [0.2, 0.25) is 15.9 Å². The summed E-state index contributed by atoms with van der Waals surface area (Å²) >= 11 is 12.0. The van der Waals surface area contributed by atoms with Gasteiger partial charge in [-0.3, -0.25) is 9.69 Å². The summed E-state index contributed by atoms with van der Waals surface area (Å²) in [5.41, 5.74) is 0.303. The van der Waals surface area contributed by atoms with Crippen LogP contribution in [0.15, 0.2) is 41.3 Å². The number of hydrogen-bond donors (Lipinski definition) is 1. The Kier molecular flexibility index (Phi) is 6.75. The Bertz CT molecular complexity index is 989. The van der Waals surface area contributed by atoms with Crippen molar-refractivity contribution in [1.29, 1.82) is 0 Å². The predicted molar refractivity (Wildman–Crippen MR) is 107 cm³/mol. The number of hydrogen-bond acceptors (Lipinski definition) is 4. The van der Waals surface area contributed by atoms with Crippen LogP contribution < -0.4 is 5.32 Å². The molecule has 1 heterocycles. The summed E-state index contributed by atoms with van der Waals surface area (Å²) in [7, 11) is -4.31. The summed E-state index contributed by atoms with van der Waals surface area (Å²) in [6, 6.07) is 7.74. The monoisotopic (exact) mass is 463 g/mol. The molecular formula is C18H17Cl2F2N3O3S.